The van der Waals surface area contributed by atoms with Crippen LogP contribution in [0.3, 0.4) is 0 Å². The van der Waals surface area contributed by atoms with E-state index in [0.29, 0.717) is 31.7 Å². The van der Waals surface area contributed by atoms with Gasteiger partial charge in [0, 0.05) is 25.2 Å². The van der Waals surface area contributed by atoms with Crippen LogP contribution in [0.25, 0.3) is 5.57 Å². The highest BCUT2D eigenvalue weighted by atomic mass is 32.2. The van der Waals surface area contributed by atoms with E-state index in [2.05, 4.69) is 6.58 Å². The predicted molar refractivity (Wildman–Crippen MR) is 109 cm³/mol. The first kappa shape index (κ1) is 22.6. The lowest BCUT2D eigenvalue weighted by molar-refractivity contribution is -0.143. The molecule has 1 aliphatic rings. The maximum absolute atomic E-state index is 11.8. The molecule has 0 heterocycles. The van der Waals surface area contributed by atoms with E-state index in [1.165, 1.54) is 0 Å². The summed E-state index contributed by atoms with van der Waals surface area (Å²) in [6.07, 6.45) is 0.957. The van der Waals surface area contributed by atoms with Crippen molar-refractivity contribution in [1.29, 1.82) is 0 Å². The van der Waals surface area contributed by atoms with Crippen molar-refractivity contribution in [2.24, 2.45) is 0 Å². The monoisotopic (exact) mass is 423 g/mol. The molecule has 0 aliphatic heterocycles. The average molecular weight is 423 g/mol. The van der Waals surface area contributed by atoms with Crippen LogP contribution in [0.4, 0.5) is 5.69 Å². The minimum Gasteiger partial charge on any atom is -0.506 e. The number of Topliss-reactive ketones (excluding diaryl/α,β-unsaturated/α-hetero) is 1. The van der Waals surface area contributed by atoms with Crippen LogP contribution in [0.2, 0.25) is 0 Å². The topological polar surface area (TPSA) is 121 Å². The van der Waals surface area contributed by atoms with Crippen molar-refractivity contribution in [2.45, 2.75) is 26.2 Å². The molecule has 9 heteroatoms. The second-order valence-electron chi connectivity index (χ2n) is 6.61. The summed E-state index contributed by atoms with van der Waals surface area (Å²) in [5.41, 5.74) is 1.64. The summed E-state index contributed by atoms with van der Waals surface area (Å²) in [5, 5.41) is 9.81. The third-order valence-electron chi connectivity index (χ3n) is 4.49. The molecule has 0 spiro atoms. The van der Waals surface area contributed by atoms with Crippen molar-refractivity contribution in [3.63, 3.8) is 0 Å². The summed E-state index contributed by atoms with van der Waals surface area (Å²) >= 11 is 0. The Morgan fingerprint density at radius 1 is 1.17 bits per heavy atom. The van der Waals surface area contributed by atoms with Crippen molar-refractivity contribution in [3.05, 3.63) is 47.7 Å². The third kappa shape index (κ3) is 6.16. The van der Waals surface area contributed by atoms with Crippen LogP contribution in [0.1, 0.15) is 31.7 Å². The minimum atomic E-state index is -4.05. The van der Waals surface area contributed by atoms with Gasteiger partial charge in [0.05, 0.1) is 23.5 Å². The van der Waals surface area contributed by atoms with Crippen LogP contribution in [0, 0.1) is 0 Å². The number of anilines is 1. The first-order chi connectivity index (χ1) is 13.6. The SMILES string of the molecule is C=C1C(=O)C(c2ccc(N(CCCC(=O)OCC)CCCS(=O)(=O)O)cc2)=C1O. The highest BCUT2D eigenvalue weighted by Crippen LogP contribution is 2.35. The number of hydrogen-bond acceptors (Lipinski definition) is 7. The molecule has 0 bridgehead atoms. The van der Waals surface area contributed by atoms with Gasteiger partial charge in [-0.3, -0.25) is 14.1 Å². The highest BCUT2D eigenvalue weighted by Gasteiger charge is 2.32. The van der Waals surface area contributed by atoms with Crippen LogP contribution in [-0.2, 0) is 24.4 Å². The van der Waals surface area contributed by atoms with Gasteiger partial charge in [-0.1, -0.05) is 18.7 Å². The molecule has 0 aromatic heterocycles. The van der Waals surface area contributed by atoms with Gasteiger partial charge in [-0.05, 0) is 37.5 Å². The molecule has 0 atom stereocenters. The smallest absolute Gasteiger partial charge is 0.305 e. The molecule has 0 fully saturated rings. The number of esters is 1. The molecule has 1 aromatic rings. The standard InChI is InChI=1S/C20H25NO7S/c1-3-28-17(22)6-4-11-21(12-5-13-29(25,26)27)16-9-7-15(8-10-16)18-19(23)14(2)20(18)24/h7-10,23H,2-6,11-13H2,1H3,(H,25,26,27). The highest BCUT2D eigenvalue weighted by molar-refractivity contribution is 7.85. The number of aliphatic hydroxyl groups is 1. The van der Waals surface area contributed by atoms with E-state index in [0.717, 1.165) is 5.69 Å². The first-order valence-electron chi connectivity index (χ1n) is 9.27. The van der Waals surface area contributed by atoms with Gasteiger partial charge in [-0.2, -0.15) is 8.42 Å². The van der Waals surface area contributed by atoms with E-state index in [4.69, 9.17) is 9.29 Å². The summed E-state index contributed by atoms with van der Waals surface area (Å²) in [5.74, 6) is -1.07. The number of aliphatic hydroxyl groups excluding tert-OH is 1. The molecule has 0 saturated heterocycles. The van der Waals surface area contributed by atoms with E-state index < -0.39 is 10.1 Å². The van der Waals surface area contributed by atoms with Gasteiger partial charge < -0.3 is 14.7 Å². The number of rotatable bonds is 11. The van der Waals surface area contributed by atoms with Gasteiger partial charge in [-0.25, -0.2) is 0 Å². The molecule has 2 rings (SSSR count). The number of benzene rings is 1. The average Bonchev–Trinajstić information content (AvgIpc) is 2.66. The van der Waals surface area contributed by atoms with Crippen LogP contribution in [0.15, 0.2) is 42.2 Å². The fourth-order valence-electron chi connectivity index (χ4n) is 3.02. The van der Waals surface area contributed by atoms with Gasteiger partial charge in [0.25, 0.3) is 10.1 Å². The molecular formula is C20H25NO7S. The predicted octanol–water partition coefficient (Wildman–Crippen LogP) is 2.52. The van der Waals surface area contributed by atoms with Crippen LogP contribution in [-0.4, -0.2) is 55.3 Å². The van der Waals surface area contributed by atoms with Gasteiger partial charge in [0.2, 0.25) is 5.78 Å². The Balaban J connectivity index is 2.09. The zero-order valence-corrected chi connectivity index (χ0v) is 17.1. The van der Waals surface area contributed by atoms with Crippen LogP contribution >= 0.6 is 0 Å². The number of ketones is 1. The largest absolute Gasteiger partial charge is 0.506 e. The van der Waals surface area contributed by atoms with Gasteiger partial charge >= 0.3 is 5.97 Å². The van der Waals surface area contributed by atoms with Crippen LogP contribution in [0.5, 0.6) is 0 Å². The number of carbonyl (C=O) groups excluding carboxylic acids is 2. The summed E-state index contributed by atoms with van der Waals surface area (Å²) in [6, 6.07) is 6.88. The number of ether oxygens (including phenoxy) is 1. The molecule has 8 nitrogen and oxygen atoms in total. The van der Waals surface area contributed by atoms with Crippen molar-refractivity contribution >= 4 is 33.1 Å². The fourth-order valence-corrected chi connectivity index (χ4v) is 3.51. The van der Waals surface area contributed by atoms with Crippen molar-refractivity contribution in [2.75, 3.05) is 30.3 Å². The molecule has 0 amide bonds. The number of hydrogen-bond donors (Lipinski definition) is 2. The first-order valence-corrected chi connectivity index (χ1v) is 10.9. The lowest BCUT2D eigenvalue weighted by atomic mass is 9.84. The second-order valence-corrected chi connectivity index (χ2v) is 8.19. The van der Waals surface area contributed by atoms with Gasteiger partial charge in [0.1, 0.15) is 5.76 Å². The molecule has 158 valence electrons. The molecule has 2 N–H and O–H groups in total. The molecule has 1 aromatic carbocycles. The number of carbonyl (C=O) groups is 2. The molecule has 0 saturated carbocycles. The Kier molecular flexibility index (Phi) is 7.58. The second kappa shape index (κ2) is 9.71. The van der Waals surface area contributed by atoms with Gasteiger partial charge in [-0.15, -0.1) is 0 Å². The Morgan fingerprint density at radius 3 is 2.34 bits per heavy atom. The fraction of sp³-hybridized carbons (Fsp3) is 0.400. The van der Waals surface area contributed by atoms with E-state index >= 15 is 0 Å². The molecule has 29 heavy (non-hydrogen) atoms. The number of allylic oxidation sites excluding steroid dienone is 2. The maximum atomic E-state index is 11.8. The van der Waals surface area contributed by atoms with Crippen molar-refractivity contribution in [1.82, 2.24) is 0 Å². The number of nitrogens with zero attached hydrogens (tertiary/aromatic N) is 1. The third-order valence-corrected chi connectivity index (χ3v) is 5.29. The molecular weight excluding hydrogens is 398 g/mol. The van der Waals surface area contributed by atoms with Gasteiger partial charge in [0.15, 0.2) is 0 Å². The summed E-state index contributed by atoms with van der Waals surface area (Å²) in [4.78, 5) is 25.3. The lowest BCUT2D eigenvalue weighted by Crippen LogP contribution is -2.28. The van der Waals surface area contributed by atoms with Crippen molar-refractivity contribution < 1.29 is 32.4 Å². The van der Waals surface area contributed by atoms with E-state index in [1.807, 2.05) is 4.90 Å². The van der Waals surface area contributed by atoms with E-state index in [1.54, 1.807) is 31.2 Å². The molecule has 0 radical (unpaired) electrons. The van der Waals surface area contributed by atoms with E-state index in [9.17, 15) is 23.1 Å². The quantitative estimate of drug-likeness (QED) is 0.316. The Morgan fingerprint density at radius 2 is 1.79 bits per heavy atom. The Bertz CT molecular complexity index is 917. The normalized spacial score (nSPS) is 14.0. The summed E-state index contributed by atoms with van der Waals surface area (Å²) in [6.45, 7) is 6.36. The van der Waals surface area contributed by atoms with E-state index in [-0.39, 0.29) is 47.3 Å². The zero-order chi connectivity index (χ0) is 21.6. The zero-order valence-electron chi connectivity index (χ0n) is 16.3. The summed E-state index contributed by atoms with van der Waals surface area (Å²) < 4.78 is 35.8. The van der Waals surface area contributed by atoms with Crippen LogP contribution < -0.4 is 4.90 Å². The summed E-state index contributed by atoms with van der Waals surface area (Å²) in [7, 11) is -4.05. The van der Waals surface area contributed by atoms with Crippen molar-refractivity contribution in [3.8, 4) is 0 Å². The maximum Gasteiger partial charge on any atom is 0.305 e. The lowest BCUT2D eigenvalue weighted by Gasteiger charge is -2.26. The Hall–Kier alpha value is -2.65. The Labute approximate surface area is 170 Å². The molecule has 0 unspecified atom stereocenters. The minimum absolute atomic E-state index is 0.0925. The molecule has 1 aliphatic carbocycles.